The number of hydrogen-bond donors (Lipinski definition) is 3. The highest BCUT2D eigenvalue weighted by molar-refractivity contribution is 5.94. The number of anilines is 1. The molecule has 0 saturated heterocycles. The maximum Gasteiger partial charge on any atom is 0.240 e. The zero-order chi connectivity index (χ0) is 24.1. The van der Waals surface area contributed by atoms with Crippen LogP contribution in [-0.2, 0) is 21.5 Å². The van der Waals surface area contributed by atoms with Crippen molar-refractivity contribution in [2.45, 2.75) is 64.0 Å². The van der Waals surface area contributed by atoms with Crippen LogP contribution in [-0.4, -0.2) is 22.8 Å². The Morgan fingerprint density at radius 1 is 1.00 bits per heavy atom. The number of nitrogens with one attached hydrogen (secondary N) is 2. The van der Waals surface area contributed by atoms with Crippen molar-refractivity contribution in [2.75, 3.05) is 5.32 Å². The average molecular weight is 459 g/mol. The Hall–Kier alpha value is -3.41. The minimum absolute atomic E-state index is 0.0320. The third-order valence-electron chi connectivity index (χ3n) is 6.95. The summed E-state index contributed by atoms with van der Waals surface area (Å²) in [4.78, 5) is 30.4. The summed E-state index contributed by atoms with van der Waals surface area (Å²) in [6.07, 6.45) is 4.98. The van der Waals surface area contributed by atoms with Gasteiger partial charge in [-0.25, -0.2) is 0 Å². The van der Waals surface area contributed by atoms with E-state index in [0.717, 1.165) is 53.5 Å². The standard InChI is InChI=1S/C28H34N4O2/c1-19(2)25(26(29)33)32-24-17-21(31-23-14-8-7-13-22(23)24)18-30-27(34)28(15-9-4-10-16-28)20-11-5-3-6-12-20/h3,5-8,11-14,17,19,25H,4,9-10,15-16,18H2,1-2H3,(H2,29,33)(H,30,34)(H,31,32)/t25-/m0/s1. The fourth-order valence-electron chi connectivity index (χ4n) is 5.07. The number of carbonyl (C=O) groups is 2. The highest BCUT2D eigenvalue weighted by atomic mass is 16.2. The molecule has 1 aliphatic carbocycles. The highest BCUT2D eigenvalue weighted by Crippen LogP contribution is 2.39. The van der Waals surface area contributed by atoms with Gasteiger partial charge in [0.25, 0.3) is 0 Å². The summed E-state index contributed by atoms with van der Waals surface area (Å²) < 4.78 is 0. The number of carbonyl (C=O) groups excluding carboxylic acids is 2. The first-order valence-electron chi connectivity index (χ1n) is 12.2. The predicted molar refractivity (Wildman–Crippen MR) is 136 cm³/mol. The normalized spacial score (nSPS) is 16.2. The lowest BCUT2D eigenvalue weighted by Gasteiger charge is -2.36. The third-order valence-corrected chi connectivity index (χ3v) is 6.95. The molecule has 0 bridgehead atoms. The number of nitrogens with two attached hydrogens (primary N) is 1. The Morgan fingerprint density at radius 2 is 1.68 bits per heavy atom. The lowest BCUT2D eigenvalue weighted by Crippen LogP contribution is -2.45. The van der Waals surface area contributed by atoms with E-state index in [9.17, 15) is 9.59 Å². The minimum atomic E-state index is -0.503. The smallest absolute Gasteiger partial charge is 0.240 e. The summed E-state index contributed by atoms with van der Waals surface area (Å²) in [5.41, 5.74) is 8.57. The second-order valence-corrected chi connectivity index (χ2v) is 9.64. The van der Waals surface area contributed by atoms with E-state index in [-0.39, 0.29) is 11.8 Å². The fourth-order valence-corrected chi connectivity index (χ4v) is 5.07. The number of pyridine rings is 1. The van der Waals surface area contributed by atoms with E-state index in [1.54, 1.807) is 0 Å². The quantitative estimate of drug-likeness (QED) is 0.457. The number of nitrogens with zero attached hydrogens (tertiary/aromatic N) is 1. The number of fused-ring (bicyclic) bond motifs is 1. The lowest BCUT2D eigenvalue weighted by atomic mass is 9.68. The van der Waals surface area contributed by atoms with Gasteiger partial charge in [-0.05, 0) is 36.5 Å². The second-order valence-electron chi connectivity index (χ2n) is 9.64. The molecule has 1 saturated carbocycles. The molecular formula is C28H34N4O2. The van der Waals surface area contributed by atoms with Crippen LogP contribution in [0, 0.1) is 5.92 Å². The molecule has 1 aliphatic rings. The number of amides is 2. The largest absolute Gasteiger partial charge is 0.373 e. The first-order valence-corrected chi connectivity index (χ1v) is 12.2. The topological polar surface area (TPSA) is 97.1 Å². The number of benzene rings is 2. The Kier molecular flexibility index (Phi) is 7.15. The van der Waals surface area contributed by atoms with Crippen LogP contribution < -0.4 is 16.4 Å². The summed E-state index contributed by atoms with van der Waals surface area (Å²) in [7, 11) is 0. The molecule has 2 aromatic carbocycles. The number of rotatable bonds is 8. The Labute approximate surface area is 201 Å². The molecule has 4 rings (SSSR count). The molecule has 0 unspecified atom stereocenters. The van der Waals surface area contributed by atoms with E-state index < -0.39 is 17.4 Å². The van der Waals surface area contributed by atoms with Crippen LogP contribution >= 0.6 is 0 Å². The minimum Gasteiger partial charge on any atom is -0.373 e. The molecular weight excluding hydrogens is 424 g/mol. The summed E-state index contributed by atoms with van der Waals surface area (Å²) in [6.45, 7) is 4.23. The molecule has 3 aromatic rings. The molecule has 0 spiro atoms. The van der Waals surface area contributed by atoms with Crippen molar-refractivity contribution in [1.29, 1.82) is 0 Å². The Bertz CT molecular complexity index is 1150. The van der Waals surface area contributed by atoms with Crippen LogP contribution in [0.3, 0.4) is 0 Å². The molecule has 6 nitrogen and oxygen atoms in total. The molecule has 1 heterocycles. The van der Waals surface area contributed by atoms with Gasteiger partial charge in [-0.1, -0.05) is 81.6 Å². The molecule has 34 heavy (non-hydrogen) atoms. The van der Waals surface area contributed by atoms with Crippen molar-refractivity contribution in [2.24, 2.45) is 11.7 Å². The number of aromatic nitrogens is 1. The van der Waals surface area contributed by atoms with Crippen LogP contribution in [0.4, 0.5) is 5.69 Å². The lowest BCUT2D eigenvalue weighted by molar-refractivity contribution is -0.128. The van der Waals surface area contributed by atoms with Gasteiger partial charge < -0.3 is 16.4 Å². The van der Waals surface area contributed by atoms with Crippen molar-refractivity contribution >= 4 is 28.4 Å². The van der Waals surface area contributed by atoms with Gasteiger partial charge in [0.05, 0.1) is 23.2 Å². The molecule has 1 fully saturated rings. The van der Waals surface area contributed by atoms with Gasteiger partial charge in [0.1, 0.15) is 6.04 Å². The van der Waals surface area contributed by atoms with Crippen LogP contribution in [0.2, 0.25) is 0 Å². The van der Waals surface area contributed by atoms with Crippen LogP contribution in [0.15, 0.2) is 60.7 Å². The predicted octanol–water partition coefficient (Wildman–Crippen LogP) is 4.67. The summed E-state index contributed by atoms with van der Waals surface area (Å²) >= 11 is 0. The van der Waals surface area contributed by atoms with Gasteiger partial charge in [0, 0.05) is 11.1 Å². The molecule has 0 radical (unpaired) electrons. The zero-order valence-electron chi connectivity index (χ0n) is 20.0. The molecule has 6 heteroatoms. The number of para-hydroxylation sites is 1. The van der Waals surface area contributed by atoms with E-state index >= 15 is 0 Å². The highest BCUT2D eigenvalue weighted by Gasteiger charge is 2.40. The van der Waals surface area contributed by atoms with Gasteiger partial charge in [-0.15, -0.1) is 0 Å². The van der Waals surface area contributed by atoms with Gasteiger partial charge in [-0.3, -0.25) is 14.6 Å². The molecule has 1 atom stereocenters. The summed E-state index contributed by atoms with van der Waals surface area (Å²) in [5, 5.41) is 7.41. The van der Waals surface area contributed by atoms with E-state index in [1.165, 1.54) is 6.42 Å². The van der Waals surface area contributed by atoms with Gasteiger partial charge in [0.2, 0.25) is 11.8 Å². The van der Waals surface area contributed by atoms with Gasteiger partial charge in [0.15, 0.2) is 0 Å². The molecule has 1 aromatic heterocycles. The third kappa shape index (κ3) is 4.91. The zero-order valence-corrected chi connectivity index (χ0v) is 20.0. The molecule has 0 aliphatic heterocycles. The van der Waals surface area contributed by atoms with Gasteiger partial charge in [-0.2, -0.15) is 0 Å². The first-order chi connectivity index (χ1) is 16.4. The Morgan fingerprint density at radius 3 is 2.35 bits per heavy atom. The molecule has 178 valence electrons. The van der Waals surface area contributed by atoms with Crippen molar-refractivity contribution < 1.29 is 9.59 Å². The molecule has 4 N–H and O–H groups in total. The average Bonchev–Trinajstić information content (AvgIpc) is 2.86. The van der Waals surface area contributed by atoms with E-state index in [4.69, 9.17) is 10.7 Å². The van der Waals surface area contributed by atoms with E-state index in [2.05, 4.69) is 22.8 Å². The summed E-state index contributed by atoms with van der Waals surface area (Å²) in [6, 6.07) is 19.3. The van der Waals surface area contributed by atoms with Crippen molar-refractivity contribution in [3.8, 4) is 0 Å². The van der Waals surface area contributed by atoms with Crippen LogP contribution in [0.5, 0.6) is 0 Å². The summed E-state index contributed by atoms with van der Waals surface area (Å²) in [5.74, 6) is -0.308. The molecule has 2 amide bonds. The fraction of sp³-hybridized carbons (Fsp3) is 0.393. The second kappa shape index (κ2) is 10.2. The van der Waals surface area contributed by atoms with Crippen LogP contribution in [0.25, 0.3) is 10.9 Å². The van der Waals surface area contributed by atoms with E-state index in [1.807, 2.05) is 62.4 Å². The van der Waals surface area contributed by atoms with E-state index in [0.29, 0.717) is 6.54 Å². The monoisotopic (exact) mass is 458 g/mol. The maximum atomic E-state index is 13.6. The van der Waals surface area contributed by atoms with Crippen molar-refractivity contribution in [3.63, 3.8) is 0 Å². The van der Waals surface area contributed by atoms with Crippen molar-refractivity contribution in [3.05, 3.63) is 71.9 Å². The number of hydrogen-bond acceptors (Lipinski definition) is 4. The van der Waals surface area contributed by atoms with Gasteiger partial charge >= 0.3 is 0 Å². The maximum absolute atomic E-state index is 13.6. The Balaban J connectivity index is 1.60. The van der Waals surface area contributed by atoms with Crippen molar-refractivity contribution in [1.82, 2.24) is 10.3 Å². The van der Waals surface area contributed by atoms with Crippen LogP contribution in [0.1, 0.15) is 57.2 Å². The number of primary amides is 1. The SMILES string of the molecule is CC(C)[C@H](Nc1cc(CNC(=O)C2(c3ccccc3)CCCCC2)nc2ccccc12)C(N)=O. The first kappa shape index (κ1) is 23.7.